The van der Waals surface area contributed by atoms with Crippen molar-refractivity contribution >= 4 is 0 Å². The van der Waals surface area contributed by atoms with Gasteiger partial charge in [0.25, 0.3) is 0 Å². The lowest BCUT2D eigenvalue weighted by atomic mass is 9.57. The van der Waals surface area contributed by atoms with Crippen molar-refractivity contribution in [1.82, 2.24) is 0 Å². The van der Waals surface area contributed by atoms with E-state index in [1.165, 1.54) is 25.7 Å². The van der Waals surface area contributed by atoms with Crippen LogP contribution in [0.1, 0.15) is 51.9 Å². The van der Waals surface area contributed by atoms with Crippen molar-refractivity contribution in [2.24, 2.45) is 11.3 Å². The van der Waals surface area contributed by atoms with E-state index in [0.29, 0.717) is 11.3 Å². The second kappa shape index (κ2) is 3.28. The second-order valence-corrected chi connectivity index (χ2v) is 5.48. The molecule has 2 aliphatic carbocycles. The van der Waals surface area contributed by atoms with E-state index in [1.807, 2.05) is 0 Å². The fraction of sp³-hybridized carbons (Fsp3) is 0.846. The third kappa shape index (κ3) is 1.57. The topological polar surface area (TPSA) is 20.2 Å². The van der Waals surface area contributed by atoms with Gasteiger partial charge in [-0.05, 0) is 43.4 Å². The summed E-state index contributed by atoms with van der Waals surface area (Å²) < 4.78 is 0. The van der Waals surface area contributed by atoms with Crippen LogP contribution in [0.3, 0.4) is 0 Å². The van der Waals surface area contributed by atoms with Gasteiger partial charge in [-0.15, -0.1) is 6.42 Å². The van der Waals surface area contributed by atoms with Crippen LogP contribution in [-0.2, 0) is 0 Å². The first-order valence-corrected chi connectivity index (χ1v) is 5.78. The van der Waals surface area contributed by atoms with Gasteiger partial charge in [-0.3, -0.25) is 0 Å². The molecule has 0 radical (unpaired) electrons. The van der Waals surface area contributed by atoms with E-state index in [-0.39, 0.29) is 0 Å². The minimum Gasteiger partial charge on any atom is -0.378 e. The summed E-state index contributed by atoms with van der Waals surface area (Å²) in [7, 11) is 0. The molecular formula is C13H20O. The summed E-state index contributed by atoms with van der Waals surface area (Å²) in [4.78, 5) is 0. The van der Waals surface area contributed by atoms with E-state index in [0.717, 1.165) is 19.3 Å². The summed E-state index contributed by atoms with van der Waals surface area (Å²) in [5.41, 5.74) is -0.317. The van der Waals surface area contributed by atoms with E-state index >= 15 is 0 Å². The van der Waals surface area contributed by atoms with Crippen LogP contribution in [0.25, 0.3) is 0 Å². The number of rotatable bonds is 0. The van der Waals surface area contributed by atoms with Gasteiger partial charge >= 0.3 is 0 Å². The third-order valence-electron chi connectivity index (χ3n) is 4.50. The quantitative estimate of drug-likeness (QED) is 0.585. The van der Waals surface area contributed by atoms with Crippen molar-refractivity contribution in [3.05, 3.63) is 0 Å². The second-order valence-electron chi connectivity index (χ2n) is 5.48. The lowest BCUT2D eigenvalue weighted by Gasteiger charge is -2.49. The summed E-state index contributed by atoms with van der Waals surface area (Å²) in [6.45, 7) is 2.38. The van der Waals surface area contributed by atoms with Crippen LogP contribution in [0.15, 0.2) is 0 Å². The zero-order valence-corrected chi connectivity index (χ0v) is 9.05. The molecule has 0 bridgehead atoms. The number of fused-ring (bicyclic) bond motifs is 1. The Kier molecular flexibility index (Phi) is 2.35. The highest BCUT2D eigenvalue weighted by molar-refractivity contribution is 5.12. The summed E-state index contributed by atoms with van der Waals surface area (Å²) in [5, 5.41) is 10.1. The van der Waals surface area contributed by atoms with Crippen LogP contribution in [0, 0.1) is 23.7 Å². The van der Waals surface area contributed by atoms with Crippen LogP contribution in [0.2, 0.25) is 0 Å². The molecule has 0 spiro atoms. The fourth-order valence-electron chi connectivity index (χ4n) is 3.28. The SMILES string of the molecule is C#C[C@]1(O)CC[C@]2(C)CCCC[C@H]2C1. The van der Waals surface area contributed by atoms with Crippen LogP contribution < -0.4 is 0 Å². The number of hydrogen-bond acceptors (Lipinski definition) is 1. The smallest absolute Gasteiger partial charge is 0.125 e. The molecule has 0 aliphatic heterocycles. The summed E-state index contributed by atoms with van der Waals surface area (Å²) in [5.74, 6) is 3.24. The summed E-state index contributed by atoms with van der Waals surface area (Å²) in [6.07, 6.45) is 13.4. The fourth-order valence-corrected chi connectivity index (χ4v) is 3.28. The highest BCUT2D eigenvalue weighted by atomic mass is 16.3. The standard InChI is InChI=1S/C13H20O/c1-3-13(14)9-8-12(2)7-5-4-6-11(12)10-13/h1,11,14H,4-10H2,2H3/t11-,12-,13-/m0/s1. The maximum Gasteiger partial charge on any atom is 0.125 e. The van der Waals surface area contributed by atoms with Crippen molar-refractivity contribution in [2.45, 2.75) is 57.5 Å². The number of terminal acetylenes is 1. The minimum atomic E-state index is -0.790. The monoisotopic (exact) mass is 192 g/mol. The van der Waals surface area contributed by atoms with Crippen LogP contribution >= 0.6 is 0 Å². The zero-order chi connectivity index (χ0) is 10.2. The molecule has 0 aromatic carbocycles. The maximum atomic E-state index is 10.1. The third-order valence-corrected chi connectivity index (χ3v) is 4.50. The van der Waals surface area contributed by atoms with Crippen molar-refractivity contribution in [3.63, 3.8) is 0 Å². The molecule has 0 unspecified atom stereocenters. The predicted molar refractivity (Wildman–Crippen MR) is 57.7 cm³/mol. The van der Waals surface area contributed by atoms with Gasteiger partial charge < -0.3 is 5.11 Å². The molecule has 1 N–H and O–H groups in total. The Labute approximate surface area is 86.9 Å². The first-order valence-electron chi connectivity index (χ1n) is 5.78. The first kappa shape index (κ1) is 10.1. The lowest BCUT2D eigenvalue weighted by Crippen LogP contribution is -2.44. The Morgan fingerprint density at radius 1 is 1.29 bits per heavy atom. The van der Waals surface area contributed by atoms with Gasteiger partial charge in [0.05, 0.1) is 0 Å². The molecule has 0 saturated heterocycles. The molecule has 2 aliphatic rings. The average molecular weight is 192 g/mol. The molecular weight excluding hydrogens is 172 g/mol. The van der Waals surface area contributed by atoms with Gasteiger partial charge in [0, 0.05) is 0 Å². The Bertz CT molecular complexity index is 265. The zero-order valence-electron chi connectivity index (χ0n) is 9.05. The predicted octanol–water partition coefficient (Wildman–Crippen LogP) is 2.73. The van der Waals surface area contributed by atoms with E-state index in [1.54, 1.807) is 0 Å². The summed E-state index contributed by atoms with van der Waals surface area (Å²) >= 11 is 0. The molecule has 2 rings (SSSR count). The van der Waals surface area contributed by atoms with Gasteiger partial charge in [-0.25, -0.2) is 0 Å². The van der Waals surface area contributed by atoms with Crippen molar-refractivity contribution < 1.29 is 5.11 Å². The number of hydrogen-bond donors (Lipinski definition) is 1. The van der Waals surface area contributed by atoms with Gasteiger partial charge in [0.15, 0.2) is 0 Å². The maximum absolute atomic E-state index is 10.1. The van der Waals surface area contributed by atoms with Crippen LogP contribution in [0.4, 0.5) is 0 Å². The minimum absolute atomic E-state index is 0.474. The Balaban J connectivity index is 2.14. The molecule has 0 heterocycles. The Hall–Kier alpha value is -0.480. The first-order chi connectivity index (χ1) is 6.58. The molecule has 2 fully saturated rings. The van der Waals surface area contributed by atoms with E-state index in [2.05, 4.69) is 12.8 Å². The highest BCUT2D eigenvalue weighted by Gasteiger charge is 2.45. The van der Waals surface area contributed by atoms with Crippen molar-refractivity contribution in [2.75, 3.05) is 0 Å². The molecule has 1 nitrogen and oxygen atoms in total. The molecule has 14 heavy (non-hydrogen) atoms. The Morgan fingerprint density at radius 3 is 2.79 bits per heavy atom. The highest BCUT2D eigenvalue weighted by Crippen LogP contribution is 2.52. The van der Waals surface area contributed by atoms with Crippen LogP contribution in [0.5, 0.6) is 0 Å². The molecule has 0 amide bonds. The largest absolute Gasteiger partial charge is 0.378 e. The molecule has 3 atom stereocenters. The van der Waals surface area contributed by atoms with Crippen molar-refractivity contribution in [3.8, 4) is 12.3 Å². The van der Waals surface area contributed by atoms with E-state index in [4.69, 9.17) is 6.42 Å². The van der Waals surface area contributed by atoms with Gasteiger partial charge in [0.2, 0.25) is 0 Å². The molecule has 78 valence electrons. The Morgan fingerprint density at radius 2 is 2.07 bits per heavy atom. The van der Waals surface area contributed by atoms with Gasteiger partial charge in [0.1, 0.15) is 5.60 Å². The van der Waals surface area contributed by atoms with Crippen LogP contribution in [-0.4, -0.2) is 10.7 Å². The molecule has 0 aromatic heterocycles. The van der Waals surface area contributed by atoms with Gasteiger partial charge in [-0.1, -0.05) is 25.7 Å². The van der Waals surface area contributed by atoms with Crippen molar-refractivity contribution in [1.29, 1.82) is 0 Å². The summed E-state index contributed by atoms with van der Waals surface area (Å²) in [6, 6.07) is 0. The molecule has 0 aromatic rings. The van der Waals surface area contributed by atoms with Gasteiger partial charge in [-0.2, -0.15) is 0 Å². The molecule has 1 heteroatoms. The lowest BCUT2D eigenvalue weighted by molar-refractivity contribution is -0.0442. The normalized spacial score (nSPS) is 47.9. The number of aliphatic hydroxyl groups is 1. The van der Waals surface area contributed by atoms with E-state index < -0.39 is 5.60 Å². The van der Waals surface area contributed by atoms with E-state index in [9.17, 15) is 5.11 Å². The molecule has 2 saturated carbocycles. The average Bonchev–Trinajstić information content (AvgIpc) is 2.19.